The van der Waals surface area contributed by atoms with E-state index in [2.05, 4.69) is 50.9 Å². The number of aromatic nitrogens is 1. The first-order valence-electron chi connectivity index (χ1n) is 11.3. The third kappa shape index (κ3) is 4.32. The Morgan fingerprint density at radius 2 is 1.74 bits per heavy atom. The predicted molar refractivity (Wildman–Crippen MR) is 140 cm³/mol. The molecule has 1 aromatic heterocycles. The lowest BCUT2D eigenvalue weighted by Gasteiger charge is -2.10. The van der Waals surface area contributed by atoms with Gasteiger partial charge in [0.05, 0.1) is 10.4 Å². The van der Waals surface area contributed by atoms with Crippen LogP contribution in [0, 0.1) is 0 Å². The van der Waals surface area contributed by atoms with Crippen LogP contribution in [-0.4, -0.2) is 22.1 Å². The van der Waals surface area contributed by atoms with Crippen molar-refractivity contribution in [3.05, 3.63) is 107 Å². The fourth-order valence-electron chi connectivity index (χ4n) is 4.24. The molecule has 3 aromatic carbocycles. The molecule has 1 aliphatic heterocycles. The first-order chi connectivity index (χ1) is 16.7. The fraction of sp³-hybridized carbons (Fsp3) is 0.107. The van der Waals surface area contributed by atoms with Crippen LogP contribution >= 0.6 is 11.8 Å². The summed E-state index contributed by atoms with van der Waals surface area (Å²) < 4.78 is 0. The summed E-state index contributed by atoms with van der Waals surface area (Å²) in [6.07, 6.45) is 4.77. The summed E-state index contributed by atoms with van der Waals surface area (Å²) >= 11 is 1.41. The van der Waals surface area contributed by atoms with E-state index < -0.39 is 0 Å². The number of fused-ring (bicyclic) bond motifs is 1. The summed E-state index contributed by atoms with van der Waals surface area (Å²) in [5, 5.41) is 8.60. The molecular weight excluding hydrogens is 440 g/mol. The van der Waals surface area contributed by atoms with E-state index >= 15 is 0 Å². The van der Waals surface area contributed by atoms with Gasteiger partial charge in [-0.3, -0.25) is 9.78 Å². The van der Waals surface area contributed by atoms with Crippen LogP contribution in [0.4, 0.5) is 11.4 Å². The number of aliphatic imine (C=N–C) groups is 1. The van der Waals surface area contributed by atoms with Crippen LogP contribution in [-0.2, 0) is 4.79 Å². The number of para-hydroxylation sites is 1. The lowest BCUT2D eigenvalue weighted by molar-refractivity contribution is -0.113. The number of nitrogens with one attached hydrogen (secondary N) is 2. The largest absolute Gasteiger partial charge is 0.361 e. The van der Waals surface area contributed by atoms with Crippen molar-refractivity contribution >= 4 is 51.2 Å². The SMILES string of the molecule is O=C1N=C(N[C@H]2C[C@@H]2c2ccccc2)S/C1=C\c1ccc2nccc(Nc3ccccc3)c2c1. The van der Waals surface area contributed by atoms with Gasteiger partial charge in [0.25, 0.3) is 5.91 Å². The number of amides is 1. The lowest BCUT2D eigenvalue weighted by Crippen LogP contribution is -2.22. The molecule has 166 valence electrons. The first kappa shape index (κ1) is 20.7. The van der Waals surface area contributed by atoms with Crippen molar-refractivity contribution in [2.45, 2.75) is 18.4 Å². The topological polar surface area (TPSA) is 66.4 Å². The van der Waals surface area contributed by atoms with Crippen LogP contribution in [0.25, 0.3) is 17.0 Å². The Morgan fingerprint density at radius 3 is 2.56 bits per heavy atom. The van der Waals surface area contributed by atoms with Crippen LogP contribution < -0.4 is 10.6 Å². The molecule has 2 aliphatic rings. The highest BCUT2D eigenvalue weighted by Crippen LogP contribution is 2.42. The maximum Gasteiger partial charge on any atom is 0.286 e. The average Bonchev–Trinajstić information content (AvgIpc) is 3.55. The monoisotopic (exact) mass is 462 g/mol. The van der Waals surface area contributed by atoms with Crippen molar-refractivity contribution in [1.82, 2.24) is 10.3 Å². The van der Waals surface area contributed by atoms with Crippen LogP contribution in [0.15, 0.2) is 101 Å². The molecule has 1 fully saturated rings. The van der Waals surface area contributed by atoms with Crippen LogP contribution in [0.1, 0.15) is 23.5 Å². The molecule has 0 radical (unpaired) electrons. The highest BCUT2D eigenvalue weighted by atomic mass is 32.2. The van der Waals surface area contributed by atoms with Crippen molar-refractivity contribution in [1.29, 1.82) is 0 Å². The average molecular weight is 463 g/mol. The zero-order valence-electron chi connectivity index (χ0n) is 18.3. The predicted octanol–water partition coefficient (Wildman–Crippen LogP) is 6.09. The Kier molecular flexibility index (Phi) is 5.35. The van der Waals surface area contributed by atoms with E-state index in [9.17, 15) is 4.79 Å². The molecule has 1 saturated carbocycles. The number of pyridine rings is 1. The smallest absolute Gasteiger partial charge is 0.286 e. The van der Waals surface area contributed by atoms with Crippen LogP contribution in [0.5, 0.6) is 0 Å². The minimum Gasteiger partial charge on any atom is -0.361 e. The molecule has 6 rings (SSSR count). The second-order valence-electron chi connectivity index (χ2n) is 8.46. The number of nitrogens with zero attached hydrogens (tertiary/aromatic N) is 2. The Labute approximate surface area is 202 Å². The van der Waals surface area contributed by atoms with E-state index in [1.807, 2.05) is 60.7 Å². The first-order valence-corrected chi connectivity index (χ1v) is 12.1. The molecule has 2 heterocycles. The third-order valence-electron chi connectivity index (χ3n) is 6.06. The van der Waals surface area contributed by atoms with E-state index in [-0.39, 0.29) is 5.91 Å². The fourth-order valence-corrected chi connectivity index (χ4v) is 5.12. The number of benzene rings is 3. The van der Waals surface area contributed by atoms with E-state index in [1.165, 1.54) is 17.3 Å². The van der Waals surface area contributed by atoms with Crippen molar-refractivity contribution in [2.75, 3.05) is 5.32 Å². The molecule has 0 saturated heterocycles. The Morgan fingerprint density at radius 1 is 0.941 bits per heavy atom. The van der Waals surface area contributed by atoms with E-state index in [0.717, 1.165) is 34.3 Å². The van der Waals surface area contributed by atoms with Gasteiger partial charge in [-0.25, -0.2) is 0 Å². The number of carbonyl (C=O) groups excluding carboxylic acids is 1. The summed E-state index contributed by atoms with van der Waals surface area (Å²) in [7, 11) is 0. The van der Waals surface area contributed by atoms with Gasteiger partial charge in [0.2, 0.25) is 0 Å². The molecule has 1 aliphatic carbocycles. The lowest BCUT2D eigenvalue weighted by atomic mass is 10.1. The summed E-state index contributed by atoms with van der Waals surface area (Å²) in [6, 6.07) is 28.8. The molecular formula is C28H22N4OS. The van der Waals surface area contributed by atoms with Gasteiger partial charge in [0.15, 0.2) is 5.17 Å². The number of hydrogen-bond donors (Lipinski definition) is 2. The molecule has 1 amide bonds. The Hall–Kier alpha value is -3.90. The molecule has 2 atom stereocenters. The van der Waals surface area contributed by atoms with Crippen molar-refractivity contribution in [3.63, 3.8) is 0 Å². The molecule has 0 spiro atoms. The number of hydrogen-bond acceptors (Lipinski definition) is 5. The van der Waals surface area contributed by atoms with E-state index in [4.69, 9.17) is 0 Å². The molecule has 2 N–H and O–H groups in total. The van der Waals surface area contributed by atoms with Gasteiger partial charge in [-0.1, -0.05) is 54.6 Å². The summed E-state index contributed by atoms with van der Waals surface area (Å²) in [6.45, 7) is 0. The maximum absolute atomic E-state index is 12.6. The minimum atomic E-state index is -0.196. The molecule has 0 unspecified atom stereocenters. The van der Waals surface area contributed by atoms with Gasteiger partial charge in [0, 0.05) is 34.9 Å². The van der Waals surface area contributed by atoms with E-state index in [0.29, 0.717) is 22.0 Å². The zero-order valence-corrected chi connectivity index (χ0v) is 19.1. The second-order valence-corrected chi connectivity index (χ2v) is 9.49. The van der Waals surface area contributed by atoms with Gasteiger partial charge < -0.3 is 10.6 Å². The van der Waals surface area contributed by atoms with Gasteiger partial charge in [0.1, 0.15) is 0 Å². The van der Waals surface area contributed by atoms with Crippen molar-refractivity contribution < 1.29 is 4.79 Å². The van der Waals surface area contributed by atoms with Crippen molar-refractivity contribution in [2.24, 2.45) is 4.99 Å². The van der Waals surface area contributed by atoms with Gasteiger partial charge in [-0.15, -0.1) is 0 Å². The normalized spacial score (nSPS) is 20.4. The summed E-state index contributed by atoms with van der Waals surface area (Å²) in [5.74, 6) is 0.287. The van der Waals surface area contributed by atoms with Crippen LogP contribution in [0.2, 0.25) is 0 Å². The molecule has 5 nitrogen and oxygen atoms in total. The van der Waals surface area contributed by atoms with Gasteiger partial charge in [-0.05, 0) is 65.7 Å². The maximum atomic E-state index is 12.6. The zero-order chi connectivity index (χ0) is 22.9. The molecule has 34 heavy (non-hydrogen) atoms. The Bertz CT molecular complexity index is 1430. The quantitative estimate of drug-likeness (QED) is 0.351. The van der Waals surface area contributed by atoms with Gasteiger partial charge in [-0.2, -0.15) is 4.99 Å². The minimum absolute atomic E-state index is 0.196. The molecule has 4 aromatic rings. The third-order valence-corrected chi connectivity index (χ3v) is 6.98. The number of thioether (sulfide) groups is 1. The molecule has 6 heteroatoms. The van der Waals surface area contributed by atoms with Crippen molar-refractivity contribution in [3.8, 4) is 0 Å². The second kappa shape index (κ2) is 8.80. The summed E-state index contributed by atoms with van der Waals surface area (Å²) in [5.41, 5.74) is 5.15. The summed E-state index contributed by atoms with van der Waals surface area (Å²) in [4.78, 5) is 21.9. The Balaban J connectivity index is 1.19. The number of carbonyl (C=O) groups is 1. The van der Waals surface area contributed by atoms with Gasteiger partial charge >= 0.3 is 0 Å². The standard InChI is InChI=1S/C28H22N4OS/c33-27-26(34-28(32-27)31-25-17-21(25)19-7-3-1-4-8-19)16-18-11-12-23-22(15-18)24(13-14-29-23)30-20-9-5-2-6-10-20/h1-16,21,25H,17H2,(H,29,30)(H,31,32,33)/b26-16-/t21-,25+/m1/s1. The van der Waals surface area contributed by atoms with Crippen LogP contribution in [0.3, 0.4) is 0 Å². The number of rotatable bonds is 5. The van der Waals surface area contributed by atoms with E-state index in [1.54, 1.807) is 6.20 Å². The number of amidine groups is 1. The highest BCUT2D eigenvalue weighted by molar-refractivity contribution is 8.18. The molecule has 0 bridgehead atoms. The number of anilines is 2. The highest BCUT2D eigenvalue weighted by Gasteiger charge is 2.40.